The van der Waals surface area contributed by atoms with Gasteiger partial charge in [-0.3, -0.25) is 0 Å². The quantitative estimate of drug-likeness (QED) is 0.307. The molecule has 5 heterocycles. The molecule has 0 amide bonds. The molecule has 1 saturated heterocycles. The largest absolute Gasteiger partial charge is 0.380 e. The van der Waals surface area contributed by atoms with Gasteiger partial charge in [-0.15, -0.1) is 0 Å². The third-order valence-electron chi connectivity index (χ3n) is 6.54. The predicted molar refractivity (Wildman–Crippen MR) is 129 cm³/mol. The third kappa shape index (κ3) is 4.14. The zero-order valence-corrected chi connectivity index (χ0v) is 18.7. The molecule has 11 heteroatoms. The molecule has 2 aliphatic heterocycles. The number of fused-ring (bicyclic) bond motifs is 2. The second-order valence-electron chi connectivity index (χ2n) is 8.77. The van der Waals surface area contributed by atoms with Gasteiger partial charge in [-0.2, -0.15) is 9.97 Å². The minimum atomic E-state index is -0.299. The Bertz CT molecular complexity index is 1270. The summed E-state index contributed by atoms with van der Waals surface area (Å²) >= 11 is 0. The number of imidazole rings is 2. The number of nitrogens with zero attached hydrogens (tertiary/aromatic N) is 5. The molecular formula is C23H27FN10. The Kier molecular flexibility index (Phi) is 5.46. The molecule has 5 N–H and O–H groups in total. The normalized spacial score (nSPS) is 16.9. The fourth-order valence-corrected chi connectivity index (χ4v) is 4.71. The van der Waals surface area contributed by atoms with Crippen LogP contribution in [0.3, 0.4) is 0 Å². The zero-order valence-electron chi connectivity index (χ0n) is 18.7. The molecule has 176 valence electrons. The Morgan fingerprint density at radius 1 is 1.00 bits per heavy atom. The summed E-state index contributed by atoms with van der Waals surface area (Å²) in [6.45, 7) is 3.48. The summed E-state index contributed by atoms with van der Waals surface area (Å²) in [4.78, 5) is 26.7. The average molecular weight is 463 g/mol. The highest BCUT2D eigenvalue weighted by Crippen LogP contribution is 2.28. The van der Waals surface area contributed by atoms with Crippen molar-refractivity contribution < 1.29 is 4.39 Å². The number of benzene rings is 1. The molecule has 0 atom stereocenters. The highest BCUT2D eigenvalue weighted by atomic mass is 19.1. The van der Waals surface area contributed by atoms with Crippen LogP contribution in [0.15, 0.2) is 30.9 Å². The van der Waals surface area contributed by atoms with Gasteiger partial charge < -0.3 is 30.8 Å². The highest BCUT2D eigenvalue weighted by molar-refractivity contribution is 5.85. The second kappa shape index (κ2) is 8.90. The Morgan fingerprint density at radius 3 is 2.74 bits per heavy atom. The fraction of sp³-hybridized carbons (Fsp3) is 0.391. The molecule has 0 spiro atoms. The van der Waals surface area contributed by atoms with Gasteiger partial charge in [0.1, 0.15) is 5.82 Å². The summed E-state index contributed by atoms with van der Waals surface area (Å²) in [5.41, 5.74) is 4.73. The van der Waals surface area contributed by atoms with Crippen LogP contribution in [0.1, 0.15) is 24.2 Å². The van der Waals surface area contributed by atoms with E-state index in [1.165, 1.54) is 11.8 Å². The summed E-state index contributed by atoms with van der Waals surface area (Å²) in [6.07, 6.45) is 7.02. The Balaban J connectivity index is 1.23. The smallest absolute Gasteiger partial charge is 0.231 e. The fourth-order valence-electron chi connectivity index (χ4n) is 4.71. The second-order valence-corrected chi connectivity index (χ2v) is 8.77. The van der Waals surface area contributed by atoms with Gasteiger partial charge in [-0.05, 0) is 44.1 Å². The highest BCUT2D eigenvalue weighted by Gasteiger charge is 2.21. The first-order chi connectivity index (χ1) is 16.7. The van der Waals surface area contributed by atoms with E-state index < -0.39 is 0 Å². The summed E-state index contributed by atoms with van der Waals surface area (Å²) in [5, 5.41) is 9.82. The molecule has 6 rings (SSSR count). The summed E-state index contributed by atoms with van der Waals surface area (Å²) < 4.78 is 14.8. The number of hydrogen-bond donors (Lipinski definition) is 5. The summed E-state index contributed by atoms with van der Waals surface area (Å²) in [6, 6.07) is 5.38. The lowest BCUT2D eigenvalue weighted by molar-refractivity contribution is 0.477. The number of halogens is 1. The first kappa shape index (κ1) is 20.8. The Morgan fingerprint density at radius 2 is 1.85 bits per heavy atom. The number of piperidine rings is 1. The molecule has 0 radical (unpaired) electrons. The lowest BCUT2D eigenvalue weighted by Gasteiger charge is -2.25. The molecule has 0 bridgehead atoms. The number of anilines is 4. The van der Waals surface area contributed by atoms with Crippen LogP contribution in [-0.4, -0.2) is 62.1 Å². The van der Waals surface area contributed by atoms with Crippen LogP contribution in [-0.2, 0) is 12.8 Å². The monoisotopic (exact) mass is 462 g/mol. The molecule has 10 nitrogen and oxygen atoms in total. The van der Waals surface area contributed by atoms with Crippen molar-refractivity contribution in [1.82, 2.24) is 35.2 Å². The van der Waals surface area contributed by atoms with Crippen molar-refractivity contribution in [3.8, 4) is 0 Å². The summed E-state index contributed by atoms with van der Waals surface area (Å²) in [7, 11) is 0. The maximum Gasteiger partial charge on any atom is 0.231 e. The van der Waals surface area contributed by atoms with E-state index in [1.54, 1.807) is 18.7 Å². The van der Waals surface area contributed by atoms with Gasteiger partial charge in [0, 0.05) is 43.4 Å². The van der Waals surface area contributed by atoms with Crippen molar-refractivity contribution in [2.75, 3.05) is 41.7 Å². The van der Waals surface area contributed by atoms with Gasteiger partial charge in [0.15, 0.2) is 17.0 Å². The van der Waals surface area contributed by atoms with Crippen molar-refractivity contribution in [3.63, 3.8) is 0 Å². The molecule has 2 aliphatic rings. The molecule has 0 unspecified atom stereocenters. The first-order valence-corrected chi connectivity index (χ1v) is 11.7. The van der Waals surface area contributed by atoms with Crippen molar-refractivity contribution in [2.45, 2.75) is 31.7 Å². The zero-order chi connectivity index (χ0) is 22.9. The van der Waals surface area contributed by atoms with Gasteiger partial charge in [0.25, 0.3) is 0 Å². The number of nitrogens with one attached hydrogen (secondary N) is 5. The standard InChI is InChI=1S/C23H27FN10/c24-16-11-15(1-2-17(16)30-14-3-7-25-8-4-14)31-23-32-21-20(28-13-29-21)22(33-23)34-9-5-18-19(6-10-34)27-12-26-18/h1-2,11-14,25,30H,3-10H2,(H,26,27)(H2,28,29,31,32,33). The van der Waals surface area contributed by atoms with Crippen LogP contribution in [0.25, 0.3) is 11.2 Å². The van der Waals surface area contributed by atoms with Crippen molar-refractivity contribution >= 4 is 34.3 Å². The van der Waals surface area contributed by atoms with Gasteiger partial charge in [-0.1, -0.05) is 0 Å². The van der Waals surface area contributed by atoms with Crippen molar-refractivity contribution in [2.24, 2.45) is 0 Å². The van der Waals surface area contributed by atoms with Gasteiger partial charge in [0.2, 0.25) is 5.95 Å². The number of rotatable bonds is 5. The molecular weight excluding hydrogens is 435 g/mol. The maximum atomic E-state index is 14.8. The topological polar surface area (TPSA) is 122 Å². The maximum absolute atomic E-state index is 14.8. The van der Waals surface area contributed by atoms with Crippen LogP contribution in [0.5, 0.6) is 0 Å². The van der Waals surface area contributed by atoms with E-state index in [-0.39, 0.29) is 11.9 Å². The number of hydrogen-bond acceptors (Lipinski definition) is 8. The molecule has 1 aromatic carbocycles. The van der Waals surface area contributed by atoms with Gasteiger partial charge in [-0.25, -0.2) is 14.4 Å². The van der Waals surface area contributed by atoms with Gasteiger partial charge in [0.05, 0.1) is 24.0 Å². The summed E-state index contributed by atoms with van der Waals surface area (Å²) in [5.74, 6) is 0.849. The van der Waals surface area contributed by atoms with E-state index in [0.717, 1.165) is 68.9 Å². The molecule has 0 aliphatic carbocycles. The van der Waals surface area contributed by atoms with Crippen LogP contribution in [0.2, 0.25) is 0 Å². The Labute approximate surface area is 195 Å². The van der Waals surface area contributed by atoms with Crippen molar-refractivity contribution in [3.05, 3.63) is 48.1 Å². The van der Waals surface area contributed by atoms with E-state index in [1.807, 2.05) is 6.07 Å². The molecule has 0 saturated carbocycles. The number of aromatic nitrogens is 6. The predicted octanol–water partition coefficient (Wildman–Crippen LogP) is 2.73. The molecule has 34 heavy (non-hydrogen) atoms. The van der Waals surface area contributed by atoms with Crippen LogP contribution in [0.4, 0.5) is 27.5 Å². The van der Waals surface area contributed by atoms with E-state index >= 15 is 0 Å². The minimum absolute atomic E-state index is 0.286. The lowest BCUT2D eigenvalue weighted by Crippen LogP contribution is -2.35. The molecule has 4 aromatic rings. The minimum Gasteiger partial charge on any atom is -0.380 e. The SMILES string of the molecule is Fc1cc(Nc2nc(N3CCc4nc[nH]c4CC3)c3nc[nH]c3n2)ccc1NC1CCNCC1. The van der Waals surface area contributed by atoms with E-state index in [0.29, 0.717) is 23.0 Å². The first-order valence-electron chi connectivity index (χ1n) is 11.7. The van der Waals surface area contributed by atoms with E-state index in [4.69, 9.17) is 4.98 Å². The number of H-pyrrole nitrogens is 2. The van der Waals surface area contributed by atoms with Crippen molar-refractivity contribution in [1.29, 1.82) is 0 Å². The average Bonchev–Trinajstić information content (AvgIpc) is 3.46. The molecule has 1 fully saturated rings. The third-order valence-corrected chi connectivity index (χ3v) is 6.54. The molecule has 3 aromatic heterocycles. The van der Waals surface area contributed by atoms with Crippen LogP contribution in [0, 0.1) is 5.82 Å². The number of aromatic amines is 2. The lowest BCUT2D eigenvalue weighted by atomic mass is 10.1. The van der Waals surface area contributed by atoms with E-state index in [2.05, 4.69) is 45.8 Å². The van der Waals surface area contributed by atoms with Gasteiger partial charge >= 0.3 is 0 Å². The Hall–Kier alpha value is -3.73. The van der Waals surface area contributed by atoms with E-state index in [9.17, 15) is 4.39 Å². The van der Waals surface area contributed by atoms with Crippen LogP contribution >= 0.6 is 0 Å². The van der Waals surface area contributed by atoms with Crippen LogP contribution < -0.4 is 20.9 Å².